The zero-order valence-electron chi connectivity index (χ0n) is 10.2. The molecular weight excluding hydrogens is 234 g/mol. The van der Waals surface area contributed by atoms with E-state index in [-0.39, 0.29) is 5.91 Å². The molecule has 5 heteroatoms. The summed E-state index contributed by atoms with van der Waals surface area (Å²) in [6, 6.07) is 5.99. The Morgan fingerprint density at radius 3 is 2.88 bits per heavy atom. The fourth-order valence-corrected chi connectivity index (χ4v) is 2.55. The lowest BCUT2D eigenvalue weighted by molar-refractivity contribution is -0.121. The Labute approximate surface area is 106 Å². The molecule has 0 aliphatic rings. The molecule has 0 saturated heterocycles. The molecule has 1 aromatic carbocycles. The van der Waals surface area contributed by atoms with Crippen LogP contribution in [-0.2, 0) is 4.79 Å². The molecule has 0 aliphatic heterocycles. The van der Waals surface area contributed by atoms with Crippen molar-refractivity contribution >= 4 is 23.4 Å². The van der Waals surface area contributed by atoms with Crippen LogP contribution in [0.3, 0.4) is 0 Å². The predicted octanol–water partition coefficient (Wildman–Crippen LogP) is 1.83. The Hall–Kier alpha value is -1.20. The van der Waals surface area contributed by atoms with Crippen molar-refractivity contribution in [2.75, 3.05) is 5.73 Å². The van der Waals surface area contributed by atoms with Crippen LogP contribution in [0.2, 0.25) is 0 Å². The molecule has 1 aromatic rings. The number of nitrogen functional groups attached to an aromatic ring is 1. The maximum Gasteiger partial charge on any atom is 0.233 e. The highest BCUT2D eigenvalue weighted by atomic mass is 32.2. The van der Waals surface area contributed by atoms with Crippen LogP contribution in [0, 0.1) is 6.92 Å². The maximum absolute atomic E-state index is 11.0. The number of hydrazine groups is 1. The highest BCUT2D eigenvalue weighted by Crippen LogP contribution is 2.32. The molecule has 17 heavy (non-hydrogen) atoms. The standard InChI is InChI=1S/C12H19N3OS/c1-8-4-3-5-10(12(8)13)17-9(2)6-7-11(16)15-14/h3-5,9H,6-7,13-14H2,1-2H3,(H,15,16). The van der Waals surface area contributed by atoms with Gasteiger partial charge in [-0.05, 0) is 25.0 Å². The average molecular weight is 253 g/mol. The van der Waals surface area contributed by atoms with E-state index in [0.717, 1.165) is 22.6 Å². The molecule has 0 bridgehead atoms. The Kier molecular flexibility index (Phi) is 5.31. The summed E-state index contributed by atoms with van der Waals surface area (Å²) in [6.45, 7) is 4.07. The first-order valence-electron chi connectivity index (χ1n) is 5.55. The molecule has 94 valence electrons. The van der Waals surface area contributed by atoms with Crippen molar-refractivity contribution in [1.29, 1.82) is 0 Å². The molecule has 0 spiro atoms. The van der Waals surface area contributed by atoms with Crippen molar-refractivity contribution < 1.29 is 4.79 Å². The van der Waals surface area contributed by atoms with Crippen LogP contribution >= 0.6 is 11.8 Å². The first-order chi connectivity index (χ1) is 8.04. The summed E-state index contributed by atoms with van der Waals surface area (Å²) in [5.74, 6) is 4.90. The fourth-order valence-electron chi connectivity index (χ4n) is 1.44. The minimum absolute atomic E-state index is 0.130. The van der Waals surface area contributed by atoms with Gasteiger partial charge >= 0.3 is 0 Å². The number of carbonyl (C=O) groups is 1. The number of thioether (sulfide) groups is 1. The van der Waals surface area contributed by atoms with Crippen molar-refractivity contribution in [3.63, 3.8) is 0 Å². The van der Waals surface area contributed by atoms with Crippen LogP contribution in [0.25, 0.3) is 0 Å². The molecular formula is C12H19N3OS. The summed E-state index contributed by atoms with van der Waals surface area (Å²) in [6.07, 6.45) is 1.22. The van der Waals surface area contributed by atoms with E-state index < -0.39 is 0 Å². The van der Waals surface area contributed by atoms with Gasteiger partial charge in [0, 0.05) is 22.3 Å². The maximum atomic E-state index is 11.0. The van der Waals surface area contributed by atoms with E-state index in [1.165, 1.54) is 0 Å². The average Bonchev–Trinajstić information content (AvgIpc) is 2.32. The minimum Gasteiger partial charge on any atom is -0.398 e. The van der Waals surface area contributed by atoms with Crippen LogP contribution in [-0.4, -0.2) is 11.2 Å². The molecule has 1 unspecified atom stereocenters. The summed E-state index contributed by atoms with van der Waals surface area (Å²) < 4.78 is 0. The smallest absolute Gasteiger partial charge is 0.233 e. The molecule has 0 fully saturated rings. The number of para-hydroxylation sites is 1. The number of hydrogen-bond donors (Lipinski definition) is 3. The van der Waals surface area contributed by atoms with Gasteiger partial charge in [-0.3, -0.25) is 10.2 Å². The van der Waals surface area contributed by atoms with Gasteiger partial charge < -0.3 is 5.73 Å². The van der Waals surface area contributed by atoms with Gasteiger partial charge in [0.25, 0.3) is 0 Å². The third-order valence-corrected chi connectivity index (χ3v) is 3.80. The molecule has 1 amide bonds. The van der Waals surface area contributed by atoms with E-state index in [9.17, 15) is 4.79 Å². The number of anilines is 1. The van der Waals surface area contributed by atoms with Gasteiger partial charge in [0.05, 0.1) is 0 Å². The van der Waals surface area contributed by atoms with Crippen molar-refractivity contribution in [3.8, 4) is 0 Å². The zero-order valence-corrected chi connectivity index (χ0v) is 11.0. The molecule has 0 radical (unpaired) electrons. The van der Waals surface area contributed by atoms with Gasteiger partial charge in [-0.1, -0.05) is 19.1 Å². The Morgan fingerprint density at radius 1 is 1.53 bits per heavy atom. The molecule has 0 aliphatic carbocycles. The fraction of sp³-hybridized carbons (Fsp3) is 0.417. The highest BCUT2D eigenvalue weighted by Gasteiger charge is 2.10. The van der Waals surface area contributed by atoms with E-state index in [0.29, 0.717) is 11.7 Å². The van der Waals surface area contributed by atoms with E-state index >= 15 is 0 Å². The van der Waals surface area contributed by atoms with Crippen LogP contribution in [0.4, 0.5) is 5.69 Å². The molecule has 0 heterocycles. The van der Waals surface area contributed by atoms with Crippen molar-refractivity contribution in [1.82, 2.24) is 5.43 Å². The summed E-state index contributed by atoms with van der Waals surface area (Å²) in [7, 11) is 0. The van der Waals surface area contributed by atoms with Gasteiger partial charge in [0.2, 0.25) is 5.91 Å². The monoisotopic (exact) mass is 253 g/mol. The first kappa shape index (κ1) is 13.9. The number of amides is 1. The van der Waals surface area contributed by atoms with Gasteiger partial charge in [0.1, 0.15) is 0 Å². The number of rotatable bonds is 5. The van der Waals surface area contributed by atoms with Crippen LogP contribution in [0.5, 0.6) is 0 Å². The highest BCUT2D eigenvalue weighted by molar-refractivity contribution is 8.00. The molecule has 5 N–H and O–H groups in total. The van der Waals surface area contributed by atoms with Crippen molar-refractivity contribution in [2.24, 2.45) is 5.84 Å². The Bertz CT molecular complexity index is 395. The van der Waals surface area contributed by atoms with E-state index in [1.54, 1.807) is 11.8 Å². The zero-order chi connectivity index (χ0) is 12.8. The molecule has 1 rings (SSSR count). The van der Waals surface area contributed by atoms with Crippen molar-refractivity contribution in [2.45, 2.75) is 36.8 Å². The number of aryl methyl sites for hydroxylation is 1. The van der Waals surface area contributed by atoms with E-state index in [1.807, 2.05) is 25.1 Å². The summed E-state index contributed by atoms with van der Waals surface area (Å²) >= 11 is 1.69. The number of nitrogens with two attached hydrogens (primary N) is 2. The van der Waals surface area contributed by atoms with Crippen LogP contribution in [0.1, 0.15) is 25.3 Å². The van der Waals surface area contributed by atoms with E-state index in [2.05, 4.69) is 12.3 Å². The number of carbonyl (C=O) groups excluding carboxylic acids is 1. The van der Waals surface area contributed by atoms with Crippen LogP contribution < -0.4 is 17.0 Å². The van der Waals surface area contributed by atoms with Gasteiger partial charge in [-0.25, -0.2) is 5.84 Å². The van der Waals surface area contributed by atoms with Gasteiger partial charge in [-0.15, -0.1) is 11.8 Å². The second kappa shape index (κ2) is 6.51. The van der Waals surface area contributed by atoms with Gasteiger partial charge in [0.15, 0.2) is 0 Å². The molecule has 4 nitrogen and oxygen atoms in total. The largest absolute Gasteiger partial charge is 0.398 e. The summed E-state index contributed by atoms with van der Waals surface area (Å²) in [5.41, 5.74) is 10.0. The third kappa shape index (κ3) is 4.28. The first-order valence-corrected chi connectivity index (χ1v) is 6.43. The Balaban J connectivity index is 2.53. The normalized spacial score (nSPS) is 12.2. The van der Waals surface area contributed by atoms with Crippen molar-refractivity contribution in [3.05, 3.63) is 23.8 Å². The van der Waals surface area contributed by atoms with E-state index in [4.69, 9.17) is 11.6 Å². The predicted molar refractivity (Wildman–Crippen MR) is 72.5 cm³/mol. The third-order valence-electron chi connectivity index (χ3n) is 2.55. The lowest BCUT2D eigenvalue weighted by Gasteiger charge is -2.13. The second-order valence-corrected chi connectivity index (χ2v) is 5.50. The SMILES string of the molecule is Cc1cccc(SC(C)CCC(=O)NN)c1N. The Morgan fingerprint density at radius 2 is 2.24 bits per heavy atom. The summed E-state index contributed by atoms with van der Waals surface area (Å²) in [4.78, 5) is 12.1. The topological polar surface area (TPSA) is 81.1 Å². The summed E-state index contributed by atoms with van der Waals surface area (Å²) in [5, 5.41) is 0.330. The lowest BCUT2D eigenvalue weighted by Crippen LogP contribution is -2.30. The lowest BCUT2D eigenvalue weighted by atomic mass is 10.2. The number of nitrogens with one attached hydrogen (secondary N) is 1. The molecule has 0 saturated carbocycles. The molecule has 0 aromatic heterocycles. The number of benzene rings is 1. The molecule has 1 atom stereocenters. The minimum atomic E-state index is -0.130. The van der Waals surface area contributed by atoms with Gasteiger partial charge in [-0.2, -0.15) is 0 Å². The second-order valence-electron chi connectivity index (χ2n) is 4.02. The quantitative estimate of drug-likeness (QED) is 0.246. The van der Waals surface area contributed by atoms with Crippen LogP contribution in [0.15, 0.2) is 23.1 Å². The number of hydrogen-bond acceptors (Lipinski definition) is 4.